The molecule has 0 aliphatic rings. The van der Waals surface area contributed by atoms with Crippen molar-refractivity contribution in [3.05, 3.63) is 0 Å². The maximum atomic E-state index is 13.1. The summed E-state index contributed by atoms with van der Waals surface area (Å²) in [5.41, 5.74) is 0. The van der Waals surface area contributed by atoms with Crippen molar-refractivity contribution >= 4 is 39.5 Å². The minimum absolute atomic E-state index is 0.107. The van der Waals surface area contributed by atoms with E-state index in [-0.39, 0.29) is 25.7 Å². The normalized spacial score (nSPS) is 14.1. The highest BCUT2D eigenvalue weighted by atomic mass is 31.2. The van der Waals surface area contributed by atoms with Crippen LogP contribution in [0.5, 0.6) is 0 Å². The lowest BCUT2D eigenvalue weighted by Crippen LogP contribution is -2.30. The van der Waals surface area contributed by atoms with Crippen LogP contribution >= 0.6 is 15.6 Å². The van der Waals surface area contributed by atoms with Gasteiger partial charge in [-0.2, -0.15) is 0 Å². The average molecular weight is 1490 g/mol. The SMILES string of the molecule is CCCCCCCCCCCCCCCCCCCCCC(=O)OC[C@H](COP(=O)(O)OC[C@@H](O)COP(=O)(O)OC[C@@H](COC(=O)CCCCCCCCCCCC)OC(=O)CCCCCCCCCCCCC(C)CC)OC(=O)CCCCCCCCCCCCCCCCCCCCC. The number of carbonyl (C=O) groups is 4. The fraction of sp³-hybridized carbons (Fsp3) is 0.952. The number of hydrogen-bond donors (Lipinski definition) is 3. The van der Waals surface area contributed by atoms with Crippen LogP contribution in [0.3, 0.4) is 0 Å². The van der Waals surface area contributed by atoms with Gasteiger partial charge in [-0.05, 0) is 31.6 Å². The number of esters is 4. The van der Waals surface area contributed by atoms with Gasteiger partial charge in [0.1, 0.15) is 19.3 Å². The molecule has 3 unspecified atom stereocenters. The monoisotopic (exact) mass is 1490 g/mol. The zero-order valence-electron chi connectivity index (χ0n) is 66.8. The Morgan fingerprint density at radius 3 is 0.696 bits per heavy atom. The van der Waals surface area contributed by atoms with Gasteiger partial charge in [0, 0.05) is 25.7 Å². The van der Waals surface area contributed by atoms with Gasteiger partial charge >= 0.3 is 39.5 Å². The number of rotatable bonds is 83. The molecule has 0 fully saturated rings. The van der Waals surface area contributed by atoms with Crippen molar-refractivity contribution in [1.82, 2.24) is 0 Å². The molecule has 0 aromatic rings. The third-order valence-corrected chi connectivity index (χ3v) is 21.8. The van der Waals surface area contributed by atoms with E-state index in [2.05, 4.69) is 34.6 Å². The number of phosphoric acid groups is 2. The second-order valence-corrected chi connectivity index (χ2v) is 33.0. The third-order valence-electron chi connectivity index (χ3n) is 19.9. The van der Waals surface area contributed by atoms with Crippen molar-refractivity contribution < 1.29 is 80.2 Å². The number of unbranched alkanes of at least 4 members (excludes halogenated alkanes) is 54. The van der Waals surface area contributed by atoms with Gasteiger partial charge in [-0.15, -0.1) is 0 Å². The Balaban J connectivity index is 5.23. The molecule has 0 aromatic carbocycles. The summed E-state index contributed by atoms with van der Waals surface area (Å²) >= 11 is 0. The van der Waals surface area contributed by atoms with Crippen LogP contribution < -0.4 is 0 Å². The molecule has 17 nitrogen and oxygen atoms in total. The van der Waals surface area contributed by atoms with Crippen molar-refractivity contribution in [2.45, 2.75) is 464 Å². The van der Waals surface area contributed by atoms with E-state index in [0.717, 1.165) is 95.8 Å². The molecule has 0 heterocycles. The number of hydrogen-bond acceptors (Lipinski definition) is 15. The van der Waals surface area contributed by atoms with E-state index in [1.165, 1.54) is 270 Å². The van der Waals surface area contributed by atoms with E-state index in [1.807, 2.05) is 0 Å². The highest BCUT2D eigenvalue weighted by Crippen LogP contribution is 2.45. The van der Waals surface area contributed by atoms with Gasteiger partial charge in [-0.3, -0.25) is 37.3 Å². The minimum Gasteiger partial charge on any atom is -0.462 e. The van der Waals surface area contributed by atoms with Gasteiger partial charge in [-0.1, -0.05) is 394 Å². The molecule has 0 aromatic heterocycles. The fourth-order valence-corrected chi connectivity index (χ4v) is 14.5. The number of phosphoric ester groups is 2. The van der Waals surface area contributed by atoms with Crippen LogP contribution in [-0.2, 0) is 65.4 Å². The predicted octanol–water partition coefficient (Wildman–Crippen LogP) is 25.2. The molecule has 0 radical (unpaired) electrons. The molecule has 0 rings (SSSR count). The second kappa shape index (κ2) is 75.9. The maximum Gasteiger partial charge on any atom is 0.472 e. The molecule has 0 aliphatic carbocycles. The molecule has 0 bridgehead atoms. The fourth-order valence-electron chi connectivity index (χ4n) is 12.9. The number of carbonyl (C=O) groups excluding carboxylic acids is 4. The Labute approximate surface area is 626 Å². The van der Waals surface area contributed by atoms with E-state index in [1.54, 1.807) is 0 Å². The molecule has 3 N–H and O–H groups in total. The van der Waals surface area contributed by atoms with E-state index >= 15 is 0 Å². The summed E-state index contributed by atoms with van der Waals surface area (Å²) in [7, 11) is -9.92. The Hall–Kier alpha value is -1.94. The van der Waals surface area contributed by atoms with Gasteiger partial charge in [0.2, 0.25) is 0 Å². The first kappa shape index (κ1) is 100. The molecular formula is C83H162O17P2. The predicted molar refractivity (Wildman–Crippen MR) is 418 cm³/mol. The van der Waals surface area contributed by atoms with Gasteiger partial charge in [0.15, 0.2) is 12.2 Å². The summed E-state index contributed by atoms with van der Waals surface area (Å²) in [6.07, 6.45) is 68.0. The maximum absolute atomic E-state index is 13.1. The van der Waals surface area contributed by atoms with Crippen molar-refractivity contribution in [3.8, 4) is 0 Å². The van der Waals surface area contributed by atoms with Crippen LogP contribution in [0.25, 0.3) is 0 Å². The van der Waals surface area contributed by atoms with E-state index in [4.69, 9.17) is 37.0 Å². The number of aliphatic hydroxyl groups excluding tert-OH is 1. The first-order valence-corrected chi connectivity index (χ1v) is 46.2. The van der Waals surface area contributed by atoms with Crippen molar-refractivity contribution in [3.63, 3.8) is 0 Å². The van der Waals surface area contributed by atoms with Crippen LogP contribution in [0, 0.1) is 5.92 Å². The average Bonchev–Trinajstić information content (AvgIpc) is 0.909. The summed E-state index contributed by atoms with van der Waals surface area (Å²) in [5, 5.41) is 10.7. The highest BCUT2D eigenvalue weighted by Gasteiger charge is 2.30. The van der Waals surface area contributed by atoms with Crippen LogP contribution in [0.15, 0.2) is 0 Å². The second-order valence-electron chi connectivity index (χ2n) is 30.1. The quantitative estimate of drug-likeness (QED) is 0.0222. The summed E-state index contributed by atoms with van der Waals surface area (Å²) < 4.78 is 68.8. The van der Waals surface area contributed by atoms with E-state index in [9.17, 15) is 43.2 Å². The molecule has 6 atom stereocenters. The lowest BCUT2D eigenvalue weighted by Gasteiger charge is -2.21. The van der Waals surface area contributed by atoms with E-state index in [0.29, 0.717) is 25.7 Å². The molecule has 102 heavy (non-hydrogen) atoms. The zero-order valence-corrected chi connectivity index (χ0v) is 68.5. The van der Waals surface area contributed by atoms with Crippen molar-refractivity contribution in [2.75, 3.05) is 39.6 Å². The first-order valence-electron chi connectivity index (χ1n) is 43.2. The molecule has 0 spiro atoms. The molecule has 606 valence electrons. The van der Waals surface area contributed by atoms with Crippen molar-refractivity contribution in [2.24, 2.45) is 5.92 Å². The van der Waals surface area contributed by atoms with Crippen molar-refractivity contribution in [1.29, 1.82) is 0 Å². The highest BCUT2D eigenvalue weighted by molar-refractivity contribution is 7.47. The summed E-state index contributed by atoms with van der Waals surface area (Å²) in [4.78, 5) is 73.1. The minimum atomic E-state index is -4.96. The lowest BCUT2D eigenvalue weighted by atomic mass is 9.99. The lowest BCUT2D eigenvalue weighted by molar-refractivity contribution is -0.161. The number of aliphatic hydroxyl groups is 1. The van der Waals surface area contributed by atoms with Crippen LogP contribution in [-0.4, -0.2) is 96.7 Å². The van der Waals surface area contributed by atoms with Crippen LogP contribution in [0.2, 0.25) is 0 Å². The smallest absolute Gasteiger partial charge is 0.462 e. The van der Waals surface area contributed by atoms with Gasteiger partial charge in [0.25, 0.3) is 0 Å². The molecule has 0 aliphatic heterocycles. The molecule has 0 amide bonds. The van der Waals surface area contributed by atoms with E-state index < -0.39 is 97.5 Å². The van der Waals surface area contributed by atoms with Crippen LogP contribution in [0.1, 0.15) is 446 Å². The largest absolute Gasteiger partial charge is 0.472 e. The Kier molecular flexibility index (Phi) is 74.4. The van der Waals surface area contributed by atoms with Gasteiger partial charge in [0.05, 0.1) is 26.4 Å². The molecular weight excluding hydrogens is 1330 g/mol. The summed E-state index contributed by atoms with van der Waals surface area (Å²) in [6, 6.07) is 0. The third kappa shape index (κ3) is 74.9. The number of ether oxygens (including phenoxy) is 4. The Morgan fingerprint density at radius 1 is 0.275 bits per heavy atom. The Morgan fingerprint density at radius 2 is 0.471 bits per heavy atom. The van der Waals surface area contributed by atoms with Gasteiger partial charge in [-0.25, -0.2) is 9.13 Å². The topological polar surface area (TPSA) is 237 Å². The van der Waals surface area contributed by atoms with Crippen LogP contribution in [0.4, 0.5) is 0 Å². The molecule has 19 heteroatoms. The molecule has 0 saturated carbocycles. The standard InChI is InChI=1S/C83H162O17P2/c1-6-10-13-16-19-22-25-27-29-31-33-35-37-39-41-47-52-57-62-67-81(86)94-73-79(99-82(87)68-63-58-53-48-42-40-38-36-34-32-30-28-26-23-20-17-14-11-7-2)75-98-102(91,92)96-71-77(84)70-95-101(89,90)97-74-78(72-93-80(85)66-61-56-51-46-24-21-18-15-12-8-3)100-83(88)69-64-59-54-49-44-43-45-50-55-60-65-76(5)9-4/h76-79,84H,6-75H2,1-5H3,(H,89,90)(H,91,92)/t76?,77-,78+,79+/m0/s1. The Bertz CT molecular complexity index is 1950. The molecule has 0 saturated heterocycles. The summed E-state index contributed by atoms with van der Waals surface area (Å²) in [5.74, 6) is -1.30. The summed E-state index contributed by atoms with van der Waals surface area (Å²) in [6.45, 7) is 7.36. The van der Waals surface area contributed by atoms with Gasteiger partial charge < -0.3 is 33.8 Å². The zero-order chi connectivity index (χ0) is 74.8. The first-order chi connectivity index (χ1) is 49.6.